The van der Waals surface area contributed by atoms with Gasteiger partial charge >= 0.3 is 5.63 Å². The molecular weight excluding hydrogens is 346 g/mol. The summed E-state index contributed by atoms with van der Waals surface area (Å²) in [6.07, 6.45) is 7.99. The lowest BCUT2D eigenvalue weighted by Crippen LogP contribution is -2.41. The second-order valence-electron chi connectivity index (χ2n) is 6.59. The van der Waals surface area contributed by atoms with E-state index in [-0.39, 0.29) is 17.7 Å². The molecule has 0 aliphatic heterocycles. The molecule has 138 valence electrons. The lowest BCUT2D eigenvalue weighted by atomic mass is 9.92. The number of amides is 1. The average molecular weight is 365 g/mol. The first kappa shape index (κ1) is 17.2. The van der Waals surface area contributed by atoms with Crippen molar-refractivity contribution >= 4 is 16.9 Å². The van der Waals surface area contributed by atoms with Gasteiger partial charge in [-0.3, -0.25) is 9.78 Å². The molecule has 0 unspecified atom stereocenters. The third-order valence-corrected chi connectivity index (χ3v) is 4.72. The monoisotopic (exact) mass is 365 g/mol. The van der Waals surface area contributed by atoms with Gasteiger partial charge in [0.1, 0.15) is 17.3 Å². The highest BCUT2D eigenvalue weighted by atomic mass is 16.5. The highest BCUT2D eigenvalue weighted by molar-refractivity contribution is 5.96. The maximum absolute atomic E-state index is 12.5. The van der Waals surface area contributed by atoms with Crippen LogP contribution in [-0.4, -0.2) is 28.0 Å². The summed E-state index contributed by atoms with van der Waals surface area (Å²) in [4.78, 5) is 32.7. The van der Waals surface area contributed by atoms with E-state index < -0.39 is 11.5 Å². The minimum atomic E-state index is -0.620. The van der Waals surface area contributed by atoms with Crippen molar-refractivity contribution in [3.63, 3.8) is 0 Å². The van der Waals surface area contributed by atoms with E-state index in [2.05, 4.69) is 15.3 Å². The molecular formula is C20H19N3O4. The second-order valence-corrected chi connectivity index (χ2v) is 6.59. The first-order chi connectivity index (χ1) is 13.2. The van der Waals surface area contributed by atoms with Crippen molar-refractivity contribution in [2.24, 2.45) is 0 Å². The Labute approximate surface area is 155 Å². The molecule has 1 saturated carbocycles. The molecule has 2 heterocycles. The number of carbonyl (C=O) groups is 1. The fourth-order valence-corrected chi connectivity index (χ4v) is 3.33. The Morgan fingerprint density at radius 1 is 1.15 bits per heavy atom. The van der Waals surface area contributed by atoms with Gasteiger partial charge in [0.15, 0.2) is 0 Å². The zero-order valence-corrected chi connectivity index (χ0v) is 14.6. The van der Waals surface area contributed by atoms with Gasteiger partial charge in [-0.15, -0.1) is 0 Å². The third kappa shape index (κ3) is 3.97. The number of rotatable bonds is 4. The summed E-state index contributed by atoms with van der Waals surface area (Å²) in [7, 11) is 0. The predicted molar refractivity (Wildman–Crippen MR) is 98.7 cm³/mol. The van der Waals surface area contributed by atoms with Crippen molar-refractivity contribution in [1.29, 1.82) is 0 Å². The van der Waals surface area contributed by atoms with E-state index in [0.29, 0.717) is 11.5 Å². The number of benzene rings is 1. The van der Waals surface area contributed by atoms with E-state index in [1.807, 2.05) is 12.1 Å². The van der Waals surface area contributed by atoms with Gasteiger partial charge in [0.2, 0.25) is 5.88 Å². The quantitative estimate of drug-likeness (QED) is 0.715. The summed E-state index contributed by atoms with van der Waals surface area (Å²) in [5.41, 5.74) is -0.113. The molecule has 1 aromatic carbocycles. The van der Waals surface area contributed by atoms with Crippen LogP contribution < -0.4 is 15.7 Å². The molecule has 3 aromatic rings. The van der Waals surface area contributed by atoms with Gasteiger partial charge in [-0.25, -0.2) is 9.78 Å². The SMILES string of the molecule is O=C(NC1CCC(Oc2cnccn2)CC1)c1cc2ccccc2oc1=O. The first-order valence-corrected chi connectivity index (χ1v) is 8.95. The number of aromatic nitrogens is 2. The molecule has 1 fully saturated rings. The molecule has 1 aliphatic rings. The van der Waals surface area contributed by atoms with Crippen molar-refractivity contribution in [2.75, 3.05) is 0 Å². The molecule has 1 N–H and O–H groups in total. The van der Waals surface area contributed by atoms with Crippen LogP contribution in [0.4, 0.5) is 0 Å². The summed E-state index contributed by atoms with van der Waals surface area (Å²) >= 11 is 0. The summed E-state index contributed by atoms with van der Waals surface area (Å²) in [6.45, 7) is 0. The molecule has 0 spiro atoms. The van der Waals surface area contributed by atoms with Crippen LogP contribution in [0, 0.1) is 0 Å². The number of hydrogen-bond donors (Lipinski definition) is 1. The largest absolute Gasteiger partial charge is 0.473 e. The number of hydrogen-bond acceptors (Lipinski definition) is 6. The van der Waals surface area contributed by atoms with Crippen LogP contribution in [0.15, 0.2) is 58.1 Å². The first-order valence-electron chi connectivity index (χ1n) is 8.95. The van der Waals surface area contributed by atoms with Gasteiger partial charge in [-0.2, -0.15) is 0 Å². The molecule has 0 saturated heterocycles. The fourth-order valence-electron chi connectivity index (χ4n) is 3.33. The Balaban J connectivity index is 1.37. The fraction of sp³-hybridized carbons (Fsp3) is 0.300. The number of carbonyl (C=O) groups excluding carboxylic acids is 1. The van der Waals surface area contributed by atoms with E-state index in [1.54, 1.807) is 36.8 Å². The Morgan fingerprint density at radius 2 is 1.96 bits per heavy atom. The van der Waals surface area contributed by atoms with Crippen molar-refractivity contribution < 1.29 is 13.9 Å². The minimum Gasteiger partial charge on any atom is -0.473 e. The predicted octanol–water partition coefficient (Wildman–Crippen LogP) is 2.70. The summed E-state index contributed by atoms with van der Waals surface area (Å²) in [5, 5.41) is 3.67. The average Bonchev–Trinajstić information content (AvgIpc) is 2.69. The third-order valence-electron chi connectivity index (χ3n) is 4.72. The lowest BCUT2D eigenvalue weighted by molar-refractivity contribution is 0.0886. The van der Waals surface area contributed by atoms with Crippen LogP contribution in [0.1, 0.15) is 36.0 Å². The smallest absolute Gasteiger partial charge is 0.349 e. The maximum Gasteiger partial charge on any atom is 0.349 e. The zero-order valence-electron chi connectivity index (χ0n) is 14.6. The molecule has 7 heteroatoms. The van der Waals surface area contributed by atoms with Gasteiger partial charge in [0, 0.05) is 23.8 Å². The second kappa shape index (κ2) is 7.57. The van der Waals surface area contributed by atoms with Crippen molar-refractivity contribution in [3.05, 3.63) is 64.9 Å². The van der Waals surface area contributed by atoms with E-state index in [0.717, 1.165) is 31.1 Å². The minimum absolute atomic E-state index is 0.00470. The maximum atomic E-state index is 12.5. The lowest BCUT2D eigenvalue weighted by Gasteiger charge is -2.29. The van der Waals surface area contributed by atoms with Crippen LogP contribution in [0.3, 0.4) is 0 Å². The van der Waals surface area contributed by atoms with Gasteiger partial charge in [-0.1, -0.05) is 18.2 Å². The molecule has 1 aliphatic carbocycles. The number of nitrogens with one attached hydrogen (secondary N) is 1. The number of fused-ring (bicyclic) bond motifs is 1. The normalized spacial score (nSPS) is 19.6. The summed E-state index contributed by atoms with van der Waals surface area (Å²) < 4.78 is 11.0. The van der Waals surface area contributed by atoms with E-state index >= 15 is 0 Å². The van der Waals surface area contributed by atoms with E-state index in [1.165, 1.54) is 0 Å². The number of para-hydroxylation sites is 1. The standard InChI is InChI=1S/C20H19N3O4/c24-19(16-11-13-3-1-2-4-17(13)27-20(16)25)23-14-5-7-15(8-6-14)26-18-12-21-9-10-22-18/h1-4,9-12,14-15H,5-8H2,(H,23,24). The molecule has 1 amide bonds. The molecule has 7 nitrogen and oxygen atoms in total. The summed E-state index contributed by atoms with van der Waals surface area (Å²) in [6, 6.07) is 8.72. The van der Waals surface area contributed by atoms with Crippen LogP contribution >= 0.6 is 0 Å². The van der Waals surface area contributed by atoms with Crippen LogP contribution in [0.5, 0.6) is 5.88 Å². The Bertz CT molecular complexity index is 995. The van der Waals surface area contributed by atoms with Crippen LogP contribution in [-0.2, 0) is 0 Å². The molecule has 27 heavy (non-hydrogen) atoms. The van der Waals surface area contributed by atoms with E-state index in [4.69, 9.17) is 9.15 Å². The van der Waals surface area contributed by atoms with Crippen molar-refractivity contribution in [2.45, 2.75) is 37.8 Å². The van der Waals surface area contributed by atoms with Gasteiger partial charge in [0.25, 0.3) is 5.91 Å². The Hall–Kier alpha value is -3.22. The molecule has 4 rings (SSSR count). The number of nitrogens with zero attached hydrogens (tertiary/aromatic N) is 2. The van der Waals surface area contributed by atoms with Crippen molar-refractivity contribution in [1.82, 2.24) is 15.3 Å². The molecule has 0 atom stereocenters. The molecule has 0 bridgehead atoms. The Kier molecular flexibility index (Phi) is 4.82. The Morgan fingerprint density at radius 3 is 2.74 bits per heavy atom. The zero-order chi connectivity index (χ0) is 18.6. The molecule has 0 radical (unpaired) electrons. The number of ether oxygens (including phenoxy) is 1. The van der Waals surface area contributed by atoms with Crippen molar-refractivity contribution in [3.8, 4) is 5.88 Å². The summed E-state index contributed by atoms with van der Waals surface area (Å²) in [5.74, 6) is 0.117. The van der Waals surface area contributed by atoms with E-state index in [9.17, 15) is 9.59 Å². The van der Waals surface area contributed by atoms with Gasteiger partial charge < -0.3 is 14.5 Å². The highest BCUT2D eigenvalue weighted by Crippen LogP contribution is 2.23. The highest BCUT2D eigenvalue weighted by Gasteiger charge is 2.25. The molecule has 2 aromatic heterocycles. The van der Waals surface area contributed by atoms with Gasteiger partial charge in [0.05, 0.1) is 6.20 Å². The topological polar surface area (TPSA) is 94.3 Å². The van der Waals surface area contributed by atoms with Gasteiger partial charge in [-0.05, 0) is 37.8 Å². The van der Waals surface area contributed by atoms with Crippen LogP contribution in [0.25, 0.3) is 11.0 Å². The van der Waals surface area contributed by atoms with Crippen LogP contribution in [0.2, 0.25) is 0 Å².